The van der Waals surface area contributed by atoms with Gasteiger partial charge >= 0.3 is 0 Å². The molecule has 1 aliphatic heterocycles. The van der Waals surface area contributed by atoms with E-state index >= 15 is 0 Å². The number of nitrogens with one attached hydrogen (secondary N) is 2. The third-order valence-electron chi connectivity index (χ3n) is 5.50. The Hall–Kier alpha value is -3.48. The van der Waals surface area contributed by atoms with Crippen molar-refractivity contribution in [2.24, 2.45) is 0 Å². The molecule has 30 heavy (non-hydrogen) atoms. The number of fused-ring (bicyclic) bond motifs is 1. The molecule has 0 aliphatic carbocycles. The van der Waals surface area contributed by atoms with Crippen molar-refractivity contribution in [3.63, 3.8) is 0 Å². The molecule has 2 N–H and O–H groups in total. The van der Waals surface area contributed by atoms with Gasteiger partial charge in [-0.05, 0) is 54.7 Å². The highest BCUT2D eigenvalue weighted by Gasteiger charge is 2.13. The van der Waals surface area contributed by atoms with Crippen LogP contribution in [0.3, 0.4) is 0 Å². The Morgan fingerprint density at radius 3 is 2.73 bits per heavy atom. The SMILES string of the molecule is Cc1cnc2[nH]cc(Cc3cnc(NCc4cccc(N5CCCC5)n4)nc3)c2c1. The van der Waals surface area contributed by atoms with E-state index in [-0.39, 0.29) is 0 Å². The van der Waals surface area contributed by atoms with Crippen molar-refractivity contribution in [2.75, 3.05) is 23.3 Å². The van der Waals surface area contributed by atoms with Crippen molar-refractivity contribution < 1.29 is 0 Å². The van der Waals surface area contributed by atoms with Gasteiger partial charge in [0.15, 0.2) is 0 Å². The van der Waals surface area contributed by atoms with Gasteiger partial charge in [-0.1, -0.05) is 6.07 Å². The van der Waals surface area contributed by atoms with E-state index in [1.807, 2.05) is 30.9 Å². The Labute approximate surface area is 175 Å². The summed E-state index contributed by atoms with van der Waals surface area (Å²) in [6.07, 6.45) is 10.9. The fourth-order valence-electron chi connectivity index (χ4n) is 3.92. The zero-order valence-electron chi connectivity index (χ0n) is 17.1. The number of nitrogens with zero attached hydrogens (tertiary/aromatic N) is 5. The molecule has 0 aromatic carbocycles. The summed E-state index contributed by atoms with van der Waals surface area (Å²) < 4.78 is 0. The quantitative estimate of drug-likeness (QED) is 0.512. The predicted octanol–water partition coefficient (Wildman–Crippen LogP) is 3.86. The van der Waals surface area contributed by atoms with Gasteiger partial charge in [-0.25, -0.2) is 19.9 Å². The third-order valence-corrected chi connectivity index (χ3v) is 5.50. The van der Waals surface area contributed by atoms with Gasteiger partial charge in [0.1, 0.15) is 11.5 Å². The van der Waals surface area contributed by atoms with Crippen LogP contribution in [0.1, 0.15) is 35.2 Å². The van der Waals surface area contributed by atoms with Gasteiger partial charge < -0.3 is 15.2 Å². The smallest absolute Gasteiger partial charge is 0.222 e. The maximum atomic E-state index is 4.77. The Kier molecular flexibility index (Phi) is 5.01. The molecule has 0 atom stereocenters. The zero-order valence-corrected chi connectivity index (χ0v) is 17.1. The molecule has 0 spiro atoms. The van der Waals surface area contributed by atoms with E-state index in [0.717, 1.165) is 53.2 Å². The van der Waals surface area contributed by atoms with Crippen LogP contribution < -0.4 is 10.2 Å². The van der Waals surface area contributed by atoms with E-state index in [4.69, 9.17) is 4.98 Å². The number of hydrogen-bond acceptors (Lipinski definition) is 6. The lowest BCUT2D eigenvalue weighted by atomic mass is 10.1. The summed E-state index contributed by atoms with van der Waals surface area (Å²) in [5.41, 5.74) is 5.33. The second-order valence-electron chi connectivity index (χ2n) is 7.85. The molecule has 0 unspecified atom stereocenters. The second kappa shape index (κ2) is 8.10. The molecule has 4 aromatic rings. The van der Waals surface area contributed by atoms with Crippen LogP contribution in [0.4, 0.5) is 11.8 Å². The lowest BCUT2D eigenvalue weighted by Crippen LogP contribution is -2.19. The number of H-pyrrole nitrogens is 1. The van der Waals surface area contributed by atoms with Crippen molar-refractivity contribution >= 4 is 22.8 Å². The Balaban J connectivity index is 1.23. The molecule has 4 aromatic heterocycles. The molecule has 0 bridgehead atoms. The van der Waals surface area contributed by atoms with Crippen LogP contribution >= 0.6 is 0 Å². The number of rotatable bonds is 6. The van der Waals surface area contributed by atoms with Crippen molar-refractivity contribution in [3.05, 3.63) is 71.4 Å². The maximum Gasteiger partial charge on any atom is 0.222 e. The number of aryl methyl sites for hydroxylation is 1. The van der Waals surface area contributed by atoms with E-state index in [9.17, 15) is 0 Å². The number of aromatic amines is 1. The highest BCUT2D eigenvalue weighted by Crippen LogP contribution is 2.21. The highest BCUT2D eigenvalue weighted by atomic mass is 15.2. The molecule has 5 rings (SSSR count). The molecule has 7 nitrogen and oxygen atoms in total. The lowest BCUT2D eigenvalue weighted by molar-refractivity contribution is 0.911. The fraction of sp³-hybridized carbons (Fsp3) is 0.304. The molecular formula is C23H25N7. The van der Waals surface area contributed by atoms with Crippen molar-refractivity contribution in [1.82, 2.24) is 24.9 Å². The van der Waals surface area contributed by atoms with Crippen LogP contribution in [-0.4, -0.2) is 38.0 Å². The molecule has 1 fully saturated rings. The summed E-state index contributed by atoms with van der Waals surface area (Å²) in [4.78, 5) is 23.8. The normalized spacial score (nSPS) is 13.8. The van der Waals surface area contributed by atoms with Gasteiger partial charge in [0.05, 0.1) is 12.2 Å². The summed E-state index contributed by atoms with van der Waals surface area (Å²) in [5, 5.41) is 4.44. The molecule has 1 saturated heterocycles. The number of aromatic nitrogens is 5. The first-order valence-corrected chi connectivity index (χ1v) is 10.4. The molecular weight excluding hydrogens is 374 g/mol. The average molecular weight is 400 g/mol. The van der Waals surface area contributed by atoms with Gasteiger partial charge in [-0.3, -0.25) is 0 Å². The first-order valence-electron chi connectivity index (χ1n) is 10.4. The van der Waals surface area contributed by atoms with E-state index in [1.54, 1.807) is 0 Å². The average Bonchev–Trinajstić information content (AvgIpc) is 3.44. The zero-order chi connectivity index (χ0) is 20.3. The Morgan fingerprint density at radius 2 is 1.90 bits per heavy atom. The van der Waals surface area contributed by atoms with E-state index in [1.165, 1.54) is 18.4 Å². The van der Waals surface area contributed by atoms with Gasteiger partial charge in [0.25, 0.3) is 0 Å². The minimum Gasteiger partial charge on any atom is -0.357 e. The van der Waals surface area contributed by atoms with Crippen LogP contribution in [0.2, 0.25) is 0 Å². The Bertz CT molecular complexity index is 1140. The van der Waals surface area contributed by atoms with Gasteiger partial charge in [0, 0.05) is 49.7 Å². The topological polar surface area (TPSA) is 82.6 Å². The first-order chi connectivity index (χ1) is 14.7. The second-order valence-corrected chi connectivity index (χ2v) is 7.85. The lowest BCUT2D eigenvalue weighted by Gasteiger charge is -2.17. The maximum absolute atomic E-state index is 4.77. The number of hydrogen-bond donors (Lipinski definition) is 2. The largest absolute Gasteiger partial charge is 0.357 e. The van der Waals surface area contributed by atoms with Crippen LogP contribution in [-0.2, 0) is 13.0 Å². The summed E-state index contributed by atoms with van der Waals surface area (Å²) >= 11 is 0. The molecule has 0 radical (unpaired) electrons. The van der Waals surface area contributed by atoms with E-state index in [0.29, 0.717) is 12.5 Å². The van der Waals surface area contributed by atoms with Crippen LogP contribution in [0.15, 0.2) is 49.1 Å². The van der Waals surface area contributed by atoms with Crippen LogP contribution in [0.25, 0.3) is 11.0 Å². The number of pyridine rings is 2. The molecule has 7 heteroatoms. The first kappa shape index (κ1) is 18.5. The summed E-state index contributed by atoms with van der Waals surface area (Å²) in [5.74, 6) is 1.68. The minimum atomic E-state index is 0.606. The van der Waals surface area contributed by atoms with Crippen molar-refractivity contribution in [2.45, 2.75) is 32.7 Å². The summed E-state index contributed by atoms with van der Waals surface area (Å²) in [7, 11) is 0. The predicted molar refractivity (Wildman–Crippen MR) is 119 cm³/mol. The summed E-state index contributed by atoms with van der Waals surface area (Å²) in [6.45, 7) is 4.86. The standard InChI is InChI=1S/C23H25N7/c1-16-9-20-18(14-25-22(20)24-11-16)10-17-12-26-23(27-13-17)28-15-19-5-4-6-21(29-19)30-7-2-3-8-30/h4-6,9,11-14H,2-3,7-8,10,15H2,1H3,(H,24,25)(H,26,27,28). The molecule has 0 amide bonds. The summed E-state index contributed by atoms with van der Waals surface area (Å²) in [6, 6.07) is 8.35. The van der Waals surface area contributed by atoms with Gasteiger partial charge in [-0.15, -0.1) is 0 Å². The van der Waals surface area contributed by atoms with Crippen molar-refractivity contribution in [1.29, 1.82) is 0 Å². The van der Waals surface area contributed by atoms with Crippen LogP contribution in [0, 0.1) is 6.92 Å². The monoisotopic (exact) mass is 399 g/mol. The minimum absolute atomic E-state index is 0.606. The van der Waals surface area contributed by atoms with Gasteiger partial charge in [0.2, 0.25) is 5.95 Å². The number of anilines is 2. The van der Waals surface area contributed by atoms with Crippen LogP contribution in [0.5, 0.6) is 0 Å². The molecule has 152 valence electrons. The molecule has 1 aliphatic rings. The van der Waals surface area contributed by atoms with Gasteiger partial charge in [-0.2, -0.15) is 0 Å². The third kappa shape index (κ3) is 3.96. The van der Waals surface area contributed by atoms with Crippen molar-refractivity contribution in [3.8, 4) is 0 Å². The Morgan fingerprint density at radius 1 is 1.07 bits per heavy atom. The molecule has 5 heterocycles. The fourth-order valence-corrected chi connectivity index (χ4v) is 3.92. The molecule has 0 saturated carbocycles. The highest BCUT2D eigenvalue weighted by molar-refractivity contribution is 5.80. The van der Waals surface area contributed by atoms with E-state index in [2.05, 4.69) is 55.3 Å². The van der Waals surface area contributed by atoms with E-state index < -0.39 is 0 Å².